The van der Waals surface area contributed by atoms with Gasteiger partial charge in [0.15, 0.2) is 0 Å². The first-order valence-corrected chi connectivity index (χ1v) is 19.6. The quantitative estimate of drug-likeness (QED) is 0.181. The number of thiophene rings is 1. The maximum absolute atomic E-state index is 7.10. The summed E-state index contributed by atoms with van der Waals surface area (Å²) >= 11 is 1.75. The molecule has 0 aliphatic rings. The fourth-order valence-electron chi connectivity index (χ4n) is 8.98. The first-order chi connectivity index (χ1) is 27.8. The molecule has 0 aliphatic heterocycles. The third-order valence-electron chi connectivity index (χ3n) is 11.4. The van der Waals surface area contributed by atoms with Gasteiger partial charge in [-0.3, -0.25) is 4.57 Å². The first kappa shape index (κ1) is 30.1. The van der Waals surface area contributed by atoms with Gasteiger partial charge in [0.2, 0.25) is 5.95 Å². The molecule has 13 rings (SSSR count). The minimum Gasteiger partial charge on any atom is -0.455 e. The number of benzene rings is 8. The third-order valence-corrected chi connectivity index (χ3v) is 12.6. The van der Waals surface area contributed by atoms with Crippen molar-refractivity contribution in [2.24, 2.45) is 0 Å². The number of hydrogen-bond acceptors (Lipinski definition) is 5. The minimum atomic E-state index is 0.633. The van der Waals surface area contributed by atoms with Gasteiger partial charge in [-0.15, -0.1) is 11.3 Å². The Hall–Kier alpha value is -7.28. The standard InChI is InChI=1S/C50H27N3O2S/c1-2-13-28(14-3-1)44-49-45(36-19-8-11-24-42(36)56-49)52-50(51-44)53-39-22-9-6-18-35(39)43-40(53)26-25-34-38-27-37(29-15-4-5-17-31(29)47(38)55-48(34)43)33-21-12-20-32-30-16-7-10-23-41(30)54-46(32)33/h1-27H. The molecule has 13 aromatic rings. The SMILES string of the molecule is c1ccc(-c2nc(-n3c4ccccc4c4c5oc6c7ccccc7c(-c7cccc8c7oc7ccccc78)cc6c5ccc43)nc3c2sc2ccccc23)cc1. The molecule has 0 saturated carbocycles. The number of hydrogen-bond donors (Lipinski definition) is 0. The second-order valence-corrected chi connectivity index (χ2v) is 15.5. The van der Waals surface area contributed by atoms with Gasteiger partial charge in [-0.25, -0.2) is 9.97 Å². The van der Waals surface area contributed by atoms with E-state index in [4.69, 9.17) is 18.8 Å². The highest BCUT2D eigenvalue weighted by Gasteiger charge is 2.24. The Kier molecular flexibility index (Phi) is 5.98. The van der Waals surface area contributed by atoms with Crippen molar-refractivity contribution in [1.29, 1.82) is 0 Å². The van der Waals surface area contributed by atoms with Gasteiger partial charge < -0.3 is 8.83 Å². The lowest BCUT2D eigenvalue weighted by atomic mass is 9.94. The van der Waals surface area contributed by atoms with Crippen molar-refractivity contribution in [2.45, 2.75) is 0 Å². The zero-order valence-electron chi connectivity index (χ0n) is 29.7. The Balaban J connectivity index is 1.12. The van der Waals surface area contributed by atoms with E-state index in [0.717, 1.165) is 114 Å². The molecular weight excluding hydrogens is 707 g/mol. The zero-order chi connectivity index (χ0) is 36.5. The van der Waals surface area contributed by atoms with Crippen LogP contribution in [-0.2, 0) is 0 Å². The number of aromatic nitrogens is 3. The van der Waals surface area contributed by atoms with Gasteiger partial charge in [-0.2, -0.15) is 0 Å². The molecule has 8 aromatic carbocycles. The molecule has 0 unspecified atom stereocenters. The van der Waals surface area contributed by atoms with Crippen molar-refractivity contribution < 1.29 is 8.83 Å². The molecule has 5 nitrogen and oxygen atoms in total. The van der Waals surface area contributed by atoms with Crippen LogP contribution in [0.1, 0.15) is 0 Å². The van der Waals surface area contributed by atoms with Crippen molar-refractivity contribution in [1.82, 2.24) is 14.5 Å². The van der Waals surface area contributed by atoms with Gasteiger partial charge in [0.1, 0.15) is 22.3 Å². The molecule has 0 spiro atoms. The summed E-state index contributed by atoms with van der Waals surface area (Å²) in [5.74, 6) is 0.633. The topological polar surface area (TPSA) is 57.0 Å². The minimum absolute atomic E-state index is 0.633. The molecule has 0 fully saturated rings. The van der Waals surface area contributed by atoms with E-state index in [-0.39, 0.29) is 0 Å². The molecule has 260 valence electrons. The second-order valence-electron chi connectivity index (χ2n) is 14.4. The Labute approximate surface area is 322 Å². The van der Waals surface area contributed by atoms with Gasteiger partial charge in [-0.1, -0.05) is 127 Å². The summed E-state index contributed by atoms with van der Waals surface area (Å²) in [5.41, 5.74) is 10.6. The number of nitrogens with zero attached hydrogens (tertiary/aromatic N) is 3. The average molecular weight is 734 g/mol. The predicted molar refractivity (Wildman–Crippen MR) is 232 cm³/mol. The summed E-state index contributed by atoms with van der Waals surface area (Å²) in [6, 6.07) is 57.5. The normalized spacial score (nSPS) is 12.3. The van der Waals surface area contributed by atoms with E-state index >= 15 is 0 Å². The molecule has 0 N–H and O–H groups in total. The number of fused-ring (bicyclic) bond motifs is 15. The van der Waals surface area contributed by atoms with Crippen molar-refractivity contribution in [2.75, 3.05) is 0 Å². The summed E-state index contributed by atoms with van der Waals surface area (Å²) in [6.07, 6.45) is 0. The zero-order valence-corrected chi connectivity index (χ0v) is 30.5. The van der Waals surface area contributed by atoms with Crippen molar-refractivity contribution in [3.63, 3.8) is 0 Å². The van der Waals surface area contributed by atoms with Gasteiger partial charge >= 0.3 is 0 Å². The molecule has 0 atom stereocenters. The molecule has 0 aliphatic carbocycles. The fourth-order valence-corrected chi connectivity index (χ4v) is 10.1. The van der Waals surface area contributed by atoms with Crippen LogP contribution in [0.2, 0.25) is 0 Å². The molecular formula is C50H27N3O2S. The van der Waals surface area contributed by atoms with Gasteiger partial charge in [0.05, 0.1) is 32.3 Å². The van der Waals surface area contributed by atoms with Crippen LogP contribution >= 0.6 is 11.3 Å². The summed E-state index contributed by atoms with van der Waals surface area (Å²) in [4.78, 5) is 10.7. The highest BCUT2D eigenvalue weighted by molar-refractivity contribution is 7.26. The van der Waals surface area contributed by atoms with E-state index in [1.54, 1.807) is 11.3 Å². The van der Waals surface area contributed by atoms with Crippen LogP contribution in [-0.4, -0.2) is 14.5 Å². The monoisotopic (exact) mass is 733 g/mol. The lowest BCUT2D eigenvalue weighted by molar-refractivity contribution is 0.670. The lowest BCUT2D eigenvalue weighted by Gasteiger charge is -2.10. The molecule has 0 radical (unpaired) electrons. The molecule has 5 aromatic heterocycles. The van der Waals surface area contributed by atoms with Crippen LogP contribution in [0.5, 0.6) is 0 Å². The van der Waals surface area contributed by atoms with Crippen LogP contribution in [0.3, 0.4) is 0 Å². The number of para-hydroxylation sites is 3. The molecule has 0 saturated heterocycles. The Morgan fingerprint density at radius 3 is 2.04 bits per heavy atom. The van der Waals surface area contributed by atoms with Crippen molar-refractivity contribution >= 4 is 108 Å². The molecule has 0 bridgehead atoms. The predicted octanol–water partition coefficient (Wildman–Crippen LogP) is 14.2. The first-order valence-electron chi connectivity index (χ1n) is 18.7. The largest absolute Gasteiger partial charge is 0.455 e. The Bertz CT molecular complexity index is 3770. The van der Waals surface area contributed by atoms with E-state index in [1.165, 1.54) is 4.70 Å². The summed E-state index contributed by atoms with van der Waals surface area (Å²) in [6.45, 7) is 0. The van der Waals surface area contributed by atoms with Crippen LogP contribution in [0.15, 0.2) is 173 Å². The maximum Gasteiger partial charge on any atom is 0.235 e. The van der Waals surface area contributed by atoms with Crippen LogP contribution in [0.25, 0.3) is 125 Å². The highest BCUT2D eigenvalue weighted by Crippen LogP contribution is 2.47. The van der Waals surface area contributed by atoms with Gasteiger partial charge in [0.25, 0.3) is 0 Å². The van der Waals surface area contributed by atoms with Crippen molar-refractivity contribution in [3.05, 3.63) is 164 Å². The molecule has 56 heavy (non-hydrogen) atoms. The van der Waals surface area contributed by atoms with Crippen molar-refractivity contribution in [3.8, 4) is 28.3 Å². The second kappa shape index (κ2) is 11.1. The van der Waals surface area contributed by atoms with E-state index in [0.29, 0.717) is 5.95 Å². The van der Waals surface area contributed by atoms with Crippen LogP contribution in [0.4, 0.5) is 0 Å². The van der Waals surface area contributed by atoms with E-state index < -0.39 is 0 Å². The van der Waals surface area contributed by atoms with Crippen LogP contribution in [0, 0.1) is 0 Å². The highest BCUT2D eigenvalue weighted by atomic mass is 32.1. The summed E-state index contributed by atoms with van der Waals surface area (Å²) in [5, 5.41) is 9.79. The smallest absolute Gasteiger partial charge is 0.235 e. The summed E-state index contributed by atoms with van der Waals surface area (Å²) < 4.78 is 18.1. The van der Waals surface area contributed by atoms with Gasteiger partial charge in [0, 0.05) is 53.5 Å². The summed E-state index contributed by atoms with van der Waals surface area (Å²) in [7, 11) is 0. The lowest BCUT2D eigenvalue weighted by Crippen LogP contribution is -2.02. The third kappa shape index (κ3) is 4.03. The average Bonchev–Trinajstić information content (AvgIpc) is 4.02. The maximum atomic E-state index is 7.10. The Morgan fingerprint density at radius 1 is 0.446 bits per heavy atom. The fraction of sp³-hybridized carbons (Fsp3) is 0. The molecule has 6 heteroatoms. The van der Waals surface area contributed by atoms with Gasteiger partial charge in [-0.05, 0) is 47.3 Å². The molecule has 5 heterocycles. The number of rotatable bonds is 3. The Morgan fingerprint density at radius 2 is 1.14 bits per heavy atom. The molecule has 0 amide bonds. The van der Waals surface area contributed by atoms with E-state index in [9.17, 15) is 0 Å². The van der Waals surface area contributed by atoms with E-state index in [2.05, 4.69) is 150 Å². The van der Waals surface area contributed by atoms with Crippen LogP contribution < -0.4 is 0 Å². The van der Waals surface area contributed by atoms with E-state index in [1.807, 2.05) is 18.2 Å². The number of furan rings is 2.